The van der Waals surface area contributed by atoms with Crippen LogP contribution in [0.15, 0.2) is 9.85 Å². The van der Waals surface area contributed by atoms with E-state index in [9.17, 15) is 0 Å². The molecule has 1 rings (SSSR count). The molecular formula is C10H15BrClNS. The monoisotopic (exact) mass is 295 g/mol. The number of rotatable bonds is 5. The fourth-order valence-electron chi connectivity index (χ4n) is 1.37. The van der Waals surface area contributed by atoms with Gasteiger partial charge in [-0.15, -0.1) is 11.3 Å². The highest BCUT2D eigenvalue weighted by molar-refractivity contribution is 9.11. The van der Waals surface area contributed by atoms with Crippen LogP contribution in [-0.4, -0.2) is 7.05 Å². The van der Waals surface area contributed by atoms with Crippen molar-refractivity contribution < 1.29 is 0 Å². The third kappa shape index (κ3) is 3.23. The van der Waals surface area contributed by atoms with E-state index in [4.69, 9.17) is 11.6 Å². The van der Waals surface area contributed by atoms with E-state index in [1.165, 1.54) is 24.1 Å². The fraction of sp³-hybridized carbons (Fsp3) is 0.600. The Labute approximate surface area is 103 Å². The fourth-order valence-corrected chi connectivity index (χ4v) is 3.26. The highest BCUT2D eigenvalue weighted by Crippen LogP contribution is 2.36. The minimum atomic E-state index is 0.448. The van der Waals surface area contributed by atoms with Gasteiger partial charge in [-0.3, -0.25) is 0 Å². The van der Waals surface area contributed by atoms with E-state index in [1.54, 1.807) is 11.3 Å². The van der Waals surface area contributed by atoms with Crippen LogP contribution in [0.25, 0.3) is 0 Å². The average Bonchev–Trinajstić information content (AvgIpc) is 2.48. The summed E-state index contributed by atoms with van der Waals surface area (Å²) in [7, 11) is 2.00. The first-order valence-corrected chi connectivity index (χ1v) is 6.79. The second kappa shape index (κ2) is 6.11. The van der Waals surface area contributed by atoms with Crippen molar-refractivity contribution in [1.29, 1.82) is 0 Å². The van der Waals surface area contributed by atoms with Gasteiger partial charge in [-0.2, -0.15) is 0 Å². The standard InChI is InChI=1S/C10H15BrClNS/c1-3-4-5-8(13-2)9-6-7(12)10(11)14-9/h6,8,13H,3-5H2,1-2H3. The minimum absolute atomic E-state index is 0.448. The van der Waals surface area contributed by atoms with Crippen LogP contribution in [0, 0.1) is 0 Å². The molecule has 0 amide bonds. The lowest BCUT2D eigenvalue weighted by Gasteiger charge is -2.13. The summed E-state index contributed by atoms with van der Waals surface area (Å²) in [6.07, 6.45) is 3.66. The summed E-state index contributed by atoms with van der Waals surface area (Å²) >= 11 is 11.2. The Balaban J connectivity index is 2.68. The predicted octanol–water partition coefficient (Wildman–Crippen LogP) is 4.61. The summed E-state index contributed by atoms with van der Waals surface area (Å²) in [5.74, 6) is 0. The topological polar surface area (TPSA) is 12.0 Å². The van der Waals surface area contributed by atoms with Crippen molar-refractivity contribution in [1.82, 2.24) is 5.32 Å². The SMILES string of the molecule is CCCCC(NC)c1cc(Cl)c(Br)s1. The lowest BCUT2D eigenvalue weighted by atomic mass is 10.1. The van der Waals surface area contributed by atoms with Crippen LogP contribution < -0.4 is 5.32 Å². The number of unbranched alkanes of at least 4 members (excludes halogenated alkanes) is 1. The lowest BCUT2D eigenvalue weighted by Crippen LogP contribution is -2.14. The van der Waals surface area contributed by atoms with Gasteiger partial charge < -0.3 is 5.32 Å². The second-order valence-electron chi connectivity index (χ2n) is 3.25. The molecule has 1 atom stereocenters. The van der Waals surface area contributed by atoms with Gasteiger partial charge in [0.2, 0.25) is 0 Å². The molecule has 0 aromatic carbocycles. The molecule has 0 fully saturated rings. The maximum atomic E-state index is 6.00. The summed E-state index contributed by atoms with van der Waals surface area (Å²) in [6.45, 7) is 2.21. The zero-order valence-corrected chi connectivity index (χ0v) is 11.6. The molecule has 1 heterocycles. The van der Waals surface area contributed by atoms with Gasteiger partial charge in [0.25, 0.3) is 0 Å². The first-order valence-electron chi connectivity index (χ1n) is 4.81. The van der Waals surface area contributed by atoms with Gasteiger partial charge in [-0.05, 0) is 35.5 Å². The minimum Gasteiger partial charge on any atom is -0.312 e. The van der Waals surface area contributed by atoms with Crippen LogP contribution in [0.2, 0.25) is 5.02 Å². The summed E-state index contributed by atoms with van der Waals surface area (Å²) in [5, 5.41) is 4.15. The van der Waals surface area contributed by atoms with Gasteiger partial charge in [0.1, 0.15) is 0 Å². The zero-order valence-electron chi connectivity index (χ0n) is 8.44. The van der Waals surface area contributed by atoms with Crippen molar-refractivity contribution in [2.45, 2.75) is 32.2 Å². The summed E-state index contributed by atoms with van der Waals surface area (Å²) in [6, 6.07) is 2.50. The molecule has 1 aromatic rings. The molecule has 14 heavy (non-hydrogen) atoms. The molecule has 1 N–H and O–H groups in total. The Morgan fingerprint density at radius 3 is 2.79 bits per heavy atom. The lowest BCUT2D eigenvalue weighted by molar-refractivity contribution is 0.530. The van der Waals surface area contributed by atoms with Gasteiger partial charge in [-0.25, -0.2) is 0 Å². The van der Waals surface area contributed by atoms with Crippen LogP contribution in [0.1, 0.15) is 37.1 Å². The van der Waals surface area contributed by atoms with E-state index in [-0.39, 0.29) is 0 Å². The highest BCUT2D eigenvalue weighted by Gasteiger charge is 2.13. The van der Waals surface area contributed by atoms with Gasteiger partial charge in [0, 0.05) is 10.9 Å². The largest absolute Gasteiger partial charge is 0.312 e. The Morgan fingerprint density at radius 1 is 1.64 bits per heavy atom. The van der Waals surface area contributed by atoms with Crippen LogP contribution in [0.5, 0.6) is 0 Å². The molecule has 0 aliphatic heterocycles. The van der Waals surface area contributed by atoms with E-state index in [0.29, 0.717) is 6.04 Å². The van der Waals surface area contributed by atoms with E-state index < -0.39 is 0 Å². The summed E-state index contributed by atoms with van der Waals surface area (Å²) in [5.41, 5.74) is 0. The van der Waals surface area contributed by atoms with Crippen molar-refractivity contribution in [3.8, 4) is 0 Å². The van der Waals surface area contributed by atoms with Crippen LogP contribution in [-0.2, 0) is 0 Å². The first kappa shape index (κ1) is 12.5. The molecule has 0 bridgehead atoms. The first-order chi connectivity index (χ1) is 6.69. The third-order valence-corrected chi connectivity index (χ3v) is 4.79. The molecular weight excluding hydrogens is 282 g/mol. The van der Waals surface area contributed by atoms with E-state index >= 15 is 0 Å². The Morgan fingerprint density at radius 2 is 2.36 bits per heavy atom. The molecule has 0 aliphatic rings. The molecule has 0 radical (unpaired) electrons. The molecule has 0 aliphatic carbocycles. The smallest absolute Gasteiger partial charge is 0.0887 e. The number of hydrogen-bond acceptors (Lipinski definition) is 2. The molecule has 1 nitrogen and oxygen atoms in total. The molecule has 1 aromatic heterocycles. The van der Waals surface area contributed by atoms with Gasteiger partial charge in [0.05, 0.1) is 8.81 Å². The van der Waals surface area contributed by atoms with Crippen LogP contribution >= 0.6 is 38.9 Å². The molecule has 0 saturated heterocycles. The van der Waals surface area contributed by atoms with Gasteiger partial charge >= 0.3 is 0 Å². The zero-order chi connectivity index (χ0) is 10.6. The Bertz CT molecular complexity index is 268. The number of thiophene rings is 1. The van der Waals surface area contributed by atoms with Crippen molar-refractivity contribution in [2.75, 3.05) is 7.05 Å². The number of hydrogen-bond donors (Lipinski definition) is 1. The number of halogens is 2. The molecule has 80 valence electrons. The Hall–Kier alpha value is 0.430. The van der Waals surface area contributed by atoms with Crippen LogP contribution in [0.3, 0.4) is 0 Å². The van der Waals surface area contributed by atoms with Crippen molar-refractivity contribution >= 4 is 38.9 Å². The van der Waals surface area contributed by atoms with E-state index in [0.717, 1.165) is 8.81 Å². The predicted molar refractivity (Wildman–Crippen MR) is 68.4 cm³/mol. The highest BCUT2D eigenvalue weighted by atomic mass is 79.9. The second-order valence-corrected chi connectivity index (χ2v) is 6.06. The molecule has 0 saturated carbocycles. The maximum absolute atomic E-state index is 6.00. The Kier molecular flexibility index (Phi) is 5.45. The quantitative estimate of drug-likeness (QED) is 0.836. The van der Waals surface area contributed by atoms with Gasteiger partial charge in [-0.1, -0.05) is 31.4 Å². The normalized spacial score (nSPS) is 13.1. The third-order valence-electron chi connectivity index (χ3n) is 2.20. The number of nitrogens with one attached hydrogen (secondary N) is 1. The average molecular weight is 297 g/mol. The maximum Gasteiger partial charge on any atom is 0.0887 e. The van der Waals surface area contributed by atoms with E-state index in [1.807, 2.05) is 13.1 Å². The molecule has 1 unspecified atom stereocenters. The van der Waals surface area contributed by atoms with Crippen molar-refractivity contribution in [2.24, 2.45) is 0 Å². The molecule has 4 heteroatoms. The van der Waals surface area contributed by atoms with Crippen LogP contribution in [0.4, 0.5) is 0 Å². The van der Waals surface area contributed by atoms with E-state index in [2.05, 4.69) is 28.2 Å². The van der Waals surface area contributed by atoms with Gasteiger partial charge in [0.15, 0.2) is 0 Å². The van der Waals surface area contributed by atoms with Crippen molar-refractivity contribution in [3.63, 3.8) is 0 Å². The summed E-state index contributed by atoms with van der Waals surface area (Å²) < 4.78 is 1.03. The van der Waals surface area contributed by atoms with Crippen molar-refractivity contribution in [3.05, 3.63) is 19.8 Å². The molecule has 0 spiro atoms. The summed E-state index contributed by atoms with van der Waals surface area (Å²) in [4.78, 5) is 1.32.